The largest absolute Gasteiger partial charge is 0.495 e. The number of para-hydroxylation sites is 1. The number of benzene rings is 2. The van der Waals surface area contributed by atoms with Crippen LogP contribution in [0.2, 0.25) is 0 Å². The maximum absolute atomic E-state index is 8.43. The van der Waals surface area contributed by atoms with Crippen molar-refractivity contribution in [3.8, 4) is 0 Å². The Morgan fingerprint density at radius 1 is 0.955 bits per heavy atom. The summed E-state index contributed by atoms with van der Waals surface area (Å²) in [6.45, 7) is 7.65. The van der Waals surface area contributed by atoms with Crippen molar-refractivity contribution in [3.05, 3.63) is 42.3 Å². The molecule has 112 valence electrons. The molecule has 0 unspecified atom stereocenters. The Bertz CT molecular complexity index is 1090. The molecule has 0 bridgehead atoms. The van der Waals surface area contributed by atoms with Crippen molar-refractivity contribution in [2.45, 2.75) is 38.9 Å². The van der Waals surface area contributed by atoms with Crippen LogP contribution in [0.4, 0.5) is 0 Å². The lowest BCUT2D eigenvalue weighted by molar-refractivity contribution is 0.00578. The molecule has 2 heterocycles. The molecule has 4 rings (SSSR count). The molecule has 1 aliphatic rings. The minimum atomic E-state index is -0.842. The summed E-state index contributed by atoms with van der Waals surface area (Å²) in [6, 6.07) is 2.31. The second kappa shape index (κ2) is 4.37. The molecule has 4 heteroatoms. The van der Waals surface area contributed by atoms with E-state index in [-0.39, 0.29) is 41.4 Å². The van der Waals surface area contributed by atoms with Gasteiger partial charge in [-0.1, -0.05) is 30.3 Å². The Morgan fingerprint density at radius 2 is 1.68 bits per heavy atom. The summed E-state index contributed by atoms with van der Waals surface area (Å²) in [7, 11) is -0.842. The Balaban J connectivity index is 2.09. The molecule has 1 aromatic heterocycles. The highest BCUT2D eigenvalue weighted by Crippen LogP contribution is 2.37. The van der Waals surface area contributed by atoms with E-state index >= 15 is 0 Å². The summed E-state index contributed by atoms with van der Waals surface area (Å²) in [5.74, 6) is 0. The fraction of sp³-hybridized carbons (Fsp3) is 0.333. The molecule has 3 nitrogen and oxygen atoms in total. The molecule has 0 amide bonds. The van der Waals surface area contributed by atoms with Crippen LogP contribution < -0.4 is 5.46 Å². The number of fused-ring (bicyclic) bond motifs is 3. The topological polar surface area (TPSA) is 31.6 Å². The van der Waals surface area contributed by atoms with Crippen LogP contribution in [0.3, 0.4) is 0 Å². The fourth-order valence-electron chi connectivity index (χ4n) is 2.64. The number of rotatable bonds is 1. The minimum Gasteiger partial charge on any atom is -0.456 e. The highest BCUT2D eigenvalue weighted by Gasteiger charge is 2.52. The Labute approximate surface area is 137 Å². The van der Waals surface area contributed by atoms with E-state index in [9.17, 15) is 0 Å². The summed E-state index contributed by atoms with van der Waals surface area (Å²) in [5.41, 5.74) is -0.474. The second-order valence-electron chi connectivity index (χ2n) is 6.52. The maximum Gasteiger partial charge on any atom is 0.495 e. The van der Waals surface area contributed by atoms with Crippen LogP contribution in [-0.2, 0) is 9.31 Å². The van der Waals surface area contributed by atoms with Gasteiger partial charge in [-0.2, -0.15) is 0 Å². The molecule has 1 saturated heterocycles. The molecule has 3 aromatic rings. The van der Waals surface area contributed by atoms with Crippen molar-refractivity contribution >= 4 is 34.5 Å². The molecule has 0 atom stereocenters. The first-order valence-corrected chi connectivity index (χ1v) is 7.23. The molecular weight excluding hydrogens is 275 g/mol. The monoisotopic (exact) mass is 299 g/mol. The van der Waals surface area contributed by atoms with Crippen LogP contribution in [0.25, 0.3) is 21.9 Å². The summed E-state index contributed by atoms with van der Waals surface area (Å²) in [5, 5.41) is 0.853. The third-order valence-corrected chi connectivity index (χ3v) is 4.60. The zero-order chi connectivity index (χ0) is 19.9. The minimum absolute atomic E-state index is 0.00364. The van der Waals surface area contributed by atoms with E-state index in [1.807, 2.05) is 27.7 Å². The van der Waals surface area contributed by atoms with E-state index in [2.05, 4.69) is 0 Å². The zero-order valence-corrected chi connectivity index (χ0v) is 13.0. The Hall–Kier alpha value is -1.78. The van der Waals surface area contributed by atoms with Gasteiger partial charge in [0.1, 0.15) is 11.2 Å². The molecule has 0 spiro atoms. The van der Waals surface area contributed by atoms with Gasteiger partial charge in [0.05, 0.1) is 18.1 Å². The van der Waals surface area contributed by atoms with Crippen molar-refractivity contribution < 1.29 is 20.6 Å². The second-order valence-corrected chi connectivity index (χ2v) is 6.52. The molecule has 0 aliphatic carbocycles. The first-order chi connectivity index (χ1) is 12.4. The summed E-state index contributed by atoms with van der Waals surface area (Å²) < 4.78 is 58.5. The SMILES string of the molecule is [2H]c1cc2c(oc3c([2H])cc([2H])c(B4OC(C)(C)C(C)(C)O4)c32)c([2H])c1[2H]. The van der Waals surface area contributed by atoms with E-state index in [0.717, 1.165) is 0 Å². The van der Waals surface area contributed by atoms with Gasteiger partial charge in [-0.15, -0.1) is 0 Å². The van der Waals surface area contributed by atoms with Crippen LogP contribution in [0.5, 0.6) is 0 Å². The maximum atomic E-state index is 8.43. The van der Waals surface area contributed by atoms with Gasteiger partial charge in [0, 0.05) is 10.8 Å². The summed E-state index contributed by atoms with van der Waals surface area (Å²) in [4.78, 5) is 0. The van der Waals surface area contributed by atoms with Gasteiger partial charge in [-0.3, -0.25) is 0 Å². The van der Waals surface area contributed by atoms with E-state index in [1.165, 1.54) is 12.1 Å². The number of hydrogen-bond acceptors (Lipinski definition) is 3. The predicted octanol–water partition coefficient (Wildman–Crippen LogP) is 3.89. The van der Waals surface area contributed by atoms with Gasteiger partial charge in [0.2, 0.25) is 0 Å². The average Bonchev–Trinajstić information content (AvgIpc) is 3.01. The first kappa shape index (κ1) is 9.38. The van der Waals surface area contributed by atoms with Crippen molar-refractivity contribution in [2.24, 2.45) is 0 Å². The van der Waals surface area contributed by atoms with E-state index in [0.29, 0.717) is 16.2 Å². The van der Waals surface area contributed by atoms with Gasteiger partial charge >= 0.3 is 7.12 Å². The third kappa shape index (κ3) is 1.84. The summed E-state index contributed by atoms with van der Waals surface area (Å²) >= 11 is 0. The van der Waals surface area contributed by atoms with Crippen molar-refractivity contribution in [1.82, 2.24) is 0 Å². The van der Waals surface area contributed by atoms with Gasteiger partial charge in [0.25, 0.3) is 0 Å². The molecule has 0 saturated carbocycles. The molecule has 22 heavy (non-hydrogen) atoms. The van der Waals surface area contributed by atoms with Crippen LogP contribution in [0, 0.1) is 0 Å². The van der Waals surface area contributed by atoms with Gasteiger partial charge < -0.3 is 13.7 Å². The molecule has 0 N–H and O–H groups in total. The van der Waals surface area contributed by atoms with Gasteiger partial charge in [-0.25, -0.2) is 0 Å². The Kier molecular flexibility index (Phi) is 1.86. The lowest BCUT2D eigenvalue weighted by atomic mass is 9.76. The molecule has 1 aliphatic heterocycles. The van der Waals surface area contributed by atoms with Gasteiger partial charge in [-0.05, 0) is 45.2 Å². The number of furan rings is 1. The van der Waals surface area contributed by atoms with E-state index < -0.39 is 18.3 Å². The highest BCUT2D eigenvalue weighted by molar-refractivity contribution is 6.66. The van der Waals surface area contributed by atoms with Crippen LogP contribution in [0.1, 0.15) is 34.5 Å². The molecule has 1 fully saturated rings. The normalized spacial score (nSPS) is 23.3. The smallest absolute Gasteiger partial charge is 0.456 e. The third-order valence-electron chi connectivity index (χ3n) is 4.60. The van der Waals surface area contributed by atoms with Crippen LogP contribution >= 0.6 is 0 Å². The first-order valence-electron chi connectivity index (χ1n) is 9.73. The summed E-state index contributed by atoms with van der Waals surface area (Å²) in [6.07, 6.45) is 0. The predicted molar refractivity (Wildman–Crippen MR) is 89.4 cm³/mol. The average molecular weight is 299 g/mol. The number of hydrogen-bond donors (Lipinski definition) is 0. The zero-order valence-electron chi connectivity index (χ0n) is 18.0. The quantitative estimate of drug-likeness (QED) is 0.639. The van der Waals surface area contributed by atoms with Crippen molar-refractivity contribution in [2.75, 3.05) is 0 Å². The lowest BCUT2D eigenvalue weighted by Gasteiger charge is -2.32. The van der Waals surface area contributed by atoms with Crippen LogP contribution in [0.15, 0.2) is 46.8 Å². The van der Waals surface area contributed by atoms with Crippen LogP contribution in [-0.4, -0.2) is 18.3 Å². The van der Waals surface area contributed by atoms with E-state index in [1.54, 1.807) is 0 Å². The standard InChI is InChI=1S/C18H19BO3/c1-17(2)18(3,4)22-19(21-17)13-9-7-11-15-16(13)12-8-5-6-10-14(12)20-15/h5-11H,1-4H3/i5D,6D,9D,10D,11D. The molecule has 0 radical (unpaired) electrons. The van der Waals surface area contributed by atoms with Crippen molar-refractivity contribution in [3.63, 3.8) is 0 Å². The molecular formula is C18H19BO3. The highest BCUT2D eigenvalue weighted by atomic mass is 16.7. The fourth-order valence-corrected chi connectivity index (χ4v) is 2.64. The Morgan fingerprint density at radius 3 is 2.41 bits per heavy atom. The van der Waals surface area contributed by atoms with E-state index in [4.69, 9.17) is 20.6 Å². The van der Waals surface area contributed by atoms with Crippen molar-refractivity contribution in [1.29, 1.82) is 0 Å². The lowest BCUT2D eigenvalue weighted by Crippen LogP contribution is -2.41. The van der Waals surface area contributed by atoms with Gasteiger partial charge in [0.15, 0.2) is 0 Å². The molecule has 2 aromatic carbocycles.